The Morgan fingerprint density at radius 1 is 1.44 bits per heavy atom. The summed E-state index contributed by atoms with van der Waals surface area (Å²) in [7, 11) is 2.19. The quantitative estimate of drug-likeness (QED) is 0.883. The third-order valence-electron chi connectivity index (χ3n) is 3.96. The monoisotopic (exact) mass is 267 g/mol. The third kappa shape index (κ3) is 2.59. The van der Waals surface area contributed by atoms with Crippen molar-refractivity contribution in [3.8, 4) is 0 Å². The van der Waals surface area contributed by atoms with Crippen molar-refractivity contribution in [1.82, 2.24) is 15.2 Å². The second-order valence-electron chi connectivity index (χ2n) is 5.20. The highest BCUT2D eigenvalue weighted by Gasteiger charge is 2.25. The molecule has 3 heterocycles. The Morgan fingerprint density at radius 2 is 2.28 bits per heavy atom. The lowest BCUT2D eigenvalue weighted by Gasteiger charge is -2.31. The first kappa shape index (κ1) is 12.5. The molecule has 0 aromatic carbocycles. The first-order valence-electron chi connectivity index (χ1n) is 6.78. The molecule has 1 aromatic rings. The summed E-state index contributed by atoms with van der Waals surface area (Å²) in [6.07, 6.45) is 2.26. The minimum atomic E-state index is 0.448. The number of aromatic nitrogens is 1. The minimum absolute atomic E-state index is 0.448. The highest BCUT2D eigenvalue weighted by Crippen LogP contribution is 2.31. The van der Waals surface area contributed by atoms with E-state index in [0.717, 1.165) is 45.7 Å². The van der Waals surface area contributed by atoms with Gasteiger partial charge >= 0.3 is 0 Å². The number of hydrogen-bond donors (Lipinski definition) is 1. The van der Waals surface area contributed by atoms with E-state index >= 15 is 0 Å². The minimum Gasteiger partial charge on any atom is -0.381 e. The van der Waals surface area contributed by atoms with Gasteiger partial charge in [-0.25, -0.2) is 4.98 Å². The Hall–Kier alpha value is -0.490. The molecule has 0 aliphatic carbocycles. The fourth-order valence-electron chi connectivity index (χ4n) is 2.72. The molecule has 100 valence electrons. The van der Waals surface area contributed by atoms with Crippen molar-refractivity contribution < 1.29 is 4.74 Å². The number of likely N-dealkylation sites (N-methyl/N-ethyl adjacent to an activating group) is 1. The van der Waals surface area contributed by atoms with Gasteiger partial charge in [-0.1, -0.05) is 0 Å². The molecule has 4 nitrogen and oxygen atoms in total. The van der Waals surface area contributed by atoms with Crippen molar-refractivity contribution in [2.24, 2.45) is 0 Å². The molecule has 2 fully saturated rings. The zero-order valence-corrected chi connectivity index (χ0v) is 11.7. The summed E-state index contributed by atoms with van der Waals surface area (Å²) in [6, 6.07) is 0.448. The van der Waals surface area contributed by atoms with Crippen LogP contribution in [-0.4, -0.2) is 49.8 Å². The lowest BCUT2D eigenvalue weighted by molar-refractivity contribution is 0.0851. The van der Waals surface area contributed by atoms with Crippen molar-refractivity contribution in [3.63, 3.8) is 0 Å². The van der Waals surface area contributed by atoms with Gasteiger partial charge in [0.25, 0.3) is 0 Å². The first-order chi connectivity index (χ1) is 8.84. The molecule has 2 aliphatic heterocycles. The largest absolute Gasteiger partial charge is 0.381 e. The number of ether oxygens (including phenoxy) is 1. The number of hydrogen-bond acceptors (Lipinski definition) is 5. The van der Waals surface area contributed by atoms with Crippen LogP contribution < -0.4 is 5.32 Å². The number of thiazole rings is 1. The fraction of sp³-hybridized carbons (Fsp3) is 0.769. The summed E-state index contributed by atoms with van der Waals surface area (Å²) in [5.74, 6) is 0.624. The SMILES string of the molecule is CN1CCNCC1c1csc(C2CCOCC2)n1. The maximum atomic E-state index is 5.42. The van der Waals surface area contributed by atoms with Crippen molar-refractivity contribution >= 4 is 11.3 Å². The van der Waals surface area contributed by atoms with Crippen LogP contribution in [0.5, 0.6) is 0 Å². The van der Waals surface area contributed by atoms with Crippen LogP contribution in [0.4, 0.5) is 0 Å². The van der Waals surface area contributed by atoms with E-state index in [-0.39, 0.29) is 0 Å². The molecule has 0 amide bonds. The molecule has 18 heavy (non-hydrogen) atoms. The molecular formula is C13H21N3OS. The van der Waals surface area contributed by atoms with E-state index in [1.54, 1.807) is 0 Å². The van der Waals surface area contributed by atoms with Crippen molar-refractivity contribution in [2.45, 2.75) is 24.8 Å². The average Bonchev–Trinajstić information content (AvgIpc) is 2.90. The van der Waals surface area contributed by atoms with Gasteiger partial charge in [0.05, 0.1) is 16.7 Å². The Labute approximate surface area is 112 Å². The molecule has 1 N–H and O–H groups in total. The van der Waals surface area contributed by atoms with E-state index in [0.29, 0.717) is 12.0 Å². The number of rotatable bonds is 2. The summed E-state index contributed by atoms with van der Waals surface area (Å²) >= 11 is 1.83. The molecule has 2 saturated heterocycles. The van der Waals surface area contributed by atoms with E-state index in [2.05, 4.69) is 22.6 Å². The number of nitrogens with zero attached hydrogens (tertiary/aromatic N) is 2. The van der Waals surface area contributed by atoms with Gasteiger partial charge in [0.1, 0.15) is 0 Å². The van der Waals surface area contributed by atoms with Gasteiger partial charge in [-0.3, -0.25) is 4.90 Å². The van der Waals surface area contributed by atoms with E-state index in [9.17, 15) is 0 Å². The maximum absolute atomic E-state index is 5.42. The van der Waals surface area contributed by atoms with Crippen LogP contribution in [-0.2, 0) is 4.74 Å². The predicted octanol–water partition coefficient (Wildman–Crippen LogP) is 1.61. The molecule has 3 rings (SSSR count). The normalized spacial score (nSPS) is 27.5. The molecule has 2 aliphatic rings. The average molecular weight is 267 g/mol. The summed E-state index contributed by atoms with van der Waals surface area (Å²) in [6.45, 7) is 5.00. The first-order valence-corrected chi connectivity index (χ1v) is 7.66. The molecule has 5 heteroatoms. The van der Waals surface area contributed by atoms with Crippen LogP contribution in [0.25, 0.3) is 0 Å². The fourth-order valence-corrected chi connectivity index (χ4v) is 3.76. The van der Waals surface area contributed by atoms with Crippen LogP contribution >= 0.6 is 11.3 Å². The topological polar surface area (TPSA) is 37.4 Å². The lowest BCUT2D eigenvalue weighted by Crippen LogP contribution is -2.43. The molecule has 1 aromatic heterocycles. The standard InChI is InChI=1S/C13H21N3OS/c1-16-5-4-14-8-12(16)11-9-18-13(15-11)10-2-6-17-7-3-10/h9-10,12,14H,2-8H2,1H3. The van der Waals surface area contributed by atoms with E-state index in [4.69, 9.17) is 9.72 Å². The van der Waals surface area contributed by atoms with Gasteiger partial charge < -0.3 is 10.1 Å². The zero-order valence-electron chi connectivity index (χ0n) is 10.9. The Kier molecular flexibility index (Phi) is 3.94. The molecule has 0 radical (unpaired) electrons. The smallest absolute Gasteiger partial charge is 0.0961 e. The highest BCUT2D eigenvalue weighted by atomic mass is 32.1. The molecule has 0 saturated carbocycles. The van der Waals surface area contributed by atoms with Crippen LogP contribution in [0.15, 0.2) is 5.38 Å². The van der Waals surface area contributed by atoms with Crippen molar-refractivity contribution in [2.75, 3.05) is 39.9 Å². The summed E-state index contributed by atoms with van der Waals surface area (Å²) in [5.41, 5.74) is 1.25. The maximum Gasteiger partial charge on any atom is 0.0961 e. The van der Waals surface area contributed by atoms with Crippen LogP contribution in [0.1, 0.15) is 35.5 Å². The Bertz CT molecular complexity index is 389. The summed E-state index contributed by atoms with van der Waals surface area (Å²) < 4.78 is 5.42. The van der Waals surface area contributed by atoms with E-state index in [1.807, 2.05) is 11.3 Å². The second-order valence-corrected chi connectivity index (χ2v) is 6.09. The number of piperazine rings is 1. The third-order valence-corrected chi connectivity index (χ3v) is 4.99. The van der Waals surface area contributed by atoms with Gasteiger partial charge in [0, 0.05) is 44.1 Å². The number of nitrogens with one attached hydrogen (secondary N) is 1. The second kappa shape index (κ2) is 5.65. The molecule has 0 spiro atoms. The van der Waals surface area contributed by atoms with Gasteiger partial charge in [-0.15, -0.1) is 11.3 Å². The van der Waals surface area contributed by atoms with Gasteiger partial charge in [-0.2, -0.15) is 0 Å². The lowest BCUT2D eigenvalue weighted by atomic mass is 10.0. The Morgan fingerprint density at radius 3 is 3.06 bits per heavy atom. The van der Waals surface area contributed by atoms with Crippen molar-refractivity contribution in [3.05, 3.63) is 16.1 Å². The van der Waals surface area contributed by atoms with Gasteiger partial charge in [0.2, 0.25) is 0 Å². The molecule has 0 bridgehead atoms. The van der Waals surface area contributed by atoms with Crippen LogP contribution in [0.2, 0.25) is 0 Å². The predicted molar refractivity (Wildman–Crippen MR) is 73.1 cm³/mol. The van der Waals surface area contributed by atoms with Crippen molar-refractivity contribution in [1.29, 1.82) is 0 Å². The Balaban J connectivity index is 1.71. The van der Waals surface area contributed by atoms with E-state index in [1.165, 1.54) is 10.7 Å². The highest BCUT2D eigenvalue weighted by molar-refractivity contribution is 7.09. The molecule has 1 unspecified atom stereocenters. The summed E-state index contributed by atoms with van der Waals surface area (Å²) in [4.78, 5) is 7.29. The van der Waals surface area contributed by atoms with Gasteiger partial charge in [-0.05, 0) is 19.9 Å². The van der Waals surface area contributed by atoms with Crippen LogP contribution in [0.3, 0.4) is 0 Å². The van der Waals surface area contributed by atoms with Crippen LogP contribution in [0, 0.1) is 0 Å². The molecule has 1 atom stereocenters. The zero-order chi connectivity index (χ0) is 12.4. The molecular weight excluding hydrogens is 246 g/mol. The van der Waals surface area contributed by atoms with Gasteiger partial charge in [0.15, 0.2) is 0 Å². The van der Waals surface area contributed by atoms with E-state index < -0.39 is 0 Å². The summed E-state index contributed by atoms with van der Waals surface area (Å²) in [5, 5.41) is 7.02.